The predicted molar refractivity (Wildman–Crippen MR) is 84.9 cm³/mol. The molecule has 114 valence electrons. The van der Waals surface area contributed by atoms with Gasteiger partial charge in [0, 0.05) is 12.6 Å². The van der Waals surface area contributed by atoms with E-state index in [2.05, 4.69) is 15.0 Å². The molecule has 0 N–H and O–H groups in total. The molecule has 3 rings (SSSR count). The van der Waals surface area contributed by atoms with Crippen molar-refractivity contribution in [2.45, 2.75) is 52.0 Å². The van der Waals surface area contributed by atoms with Gasteiger partial charge in [-0.3, -0.25) is 9.69 Å². The van der Waals surface area contributed by atoms with Crippen LogP contribution >= 0.6 is 11.3 Å². The fraction of sp³-hybridized carbons (Fsp3) is 0.667. The minimum Gasteiger partial charge on any atom is -0.298 e. The molecule has 0 radical (unpaired) electrons. The average Bonchev–Trinajstić information content (AvgIpc) is 2.86. The second-order valence-electron chi connectivity index (χ2n) is 5.80. The summed E-state index contributed by atoms with van der Waals surface area (Å²) in [7, 11) is 0. The molecule has 0 aromatic carbocycles. The van der Waals surface area contributed by atoms with Crippen LogP contribution in [0.4, 0.5) is 0 Å². The third kappa shape index (κ3) is 3.68. The second kappa shape index (κ2) is 6.66. The van der Waals surface area contributed by atoms with E-state index in [9.17, 15) is 4.79 Å². The standard InChI is InChI=1S/C15H22N4OS/c1-12-17-19-14(20)10-13(16-15(19)21-12)11-18-8-6-4-2-3-5-7-9-18/h10H,2-9,11H2,1H3. The SMILES string of the molecule is Cc1nn2c(=O)cc(CN3CCCCCCCC3)nc2s1. The van der Waals surface area contributed by atoms with Gasteiger partial charge in [-0.25, -0.2) is 4.98 Å². The van der Waals surface area contributed by atoms with E-state index >= 15 is 0 Å². The van der Waals surface area contributed by atoms with E-state index in [1.807, 2.05) is 6.92 Å². The summed E-state index contributed by atoms with van der Waals surface area (Å²) in [4.78, 5) is 19.8. The van der Waals surface area contributed by atoms with Crippen molar-refractivity contribution in [2.75, 3.05) is 13.1 Å². The Morgan fingerprint density at radius 2 is 1.81 bits per heavy atom. The normalized spacial score (nSPS) is 18.3. The van der Waals surface area contributed by atoms with Crippen LogP contribution in [-0.4, -0.2) is 32.6 Å². The summed E-state index contributed by atoms with van der Waals surface area (Å²) in [6, 6.07) is 1.64. The molecule has 5 nitrogen and oxygen atoms in total. The Hall–Kier alpha value is -1.27. The highest BCUT2D eigenvalue weighted by molar-refractivity contribution is 7.16. The van der Waals surface area contributed by atoms with E-state index in [1.165, 1.54) is 54.4 Å². The van der Waals surface area contributed by atoms with Crippen LogP contribution in [0.5, 0.6) is 0 Å². The first-order valence-electron chi connectivity index (χ1n) is 7.81. The molecule has 2 aromatic rings. The quantitative estimate of drug-likeness (QED) is 0.856. The lowest BCUT2D eigenvalue weighted by atomic mass is 10.1. The van der Waals surface area contributed by atoms with Crippen LogP contribution in [0, 0.1) is 6.92 Å². The number of nitrogens with zero attached hydrogens (tertiary/aromatic N) is 4. The molecule has 1 aliphatic heterocycles. The molecule has 1 aliphatic rings. The molecule has 0 atom stereocenters. The molecule has 0 saturated carbocycles. The van der Waals surface area contributed by atoms with Gasteiger partial charge in [-0.15, -0.1) is 0 Å². The molecule has 6 heteroatoms. The summed E-state index contributed by atoms with van der Waals surface area (Å²) in [5.41, 5.74) is 0.812. The van der Waals surface area contributed by atoms with Crippen molar-refractivity contribution in [3.8, 4) is 0 Å². The summed E-state index contributed by atoms with van der Waals surface area (Å²) in [6.45, 7) is 4.91. The van der Waals surface area contributed by atoms with Gasteiger partial charge in [0.25, 0.3) is 5.56 Å². The molecule has 0 aliphatic carbocycles. The van der Waals surface area contributed by atoms with Crippen molar-refractivity contribution in [1.82, 2.24) is 19.5 Å². The lowest BCUT2D eigenvalue weighted by Gasteiger charge is -2.20. The zero-order valence-electron chi connectivity index (χ0n) is 12.5. The first-order chi connectivity index (χ1) is 10.2. The topological polar surface area (TPSA) is 50.5 Å². The van der Waals surface area contributed by atoms with Crippen molar-refractivity contribution in [3.05, 3.63) is 27.1 Å². The average molecular weight is 306 g/mol. The lowest BCUT2D eigenvalue weighted by molar-refractivity contribution is 0.257. The highest BCUT2D eigenvalue weighted by atomic mass is 32.1. The van der Waals surface area contributed by atoms with Crippen LogP contribution < -0.4 is 5.56 Å². The van der Waals surface area contributed by atoms with Gasteiger partial charge in [-0.1, -0.05) is 37.0 Å². The van der Waals surface area contributed by atoms with Crippen LogP contribution in [0.1, 0.15) is 49.2 Å². The Labute approximate surface area is 128 Å². The Morgan fingerprint density at radius 1 is 1.14 bits per heavy atom. The first-order valence-corrected chi connectivity index (χ1v) is 8.63. The molecular weight excluding hydrogens is 284 g/mol. The number of aromatic nitrogens is 3. The van der Waals surface area contributed by atoms with Crippen molar-refractivity contribution < 1.29 is 0 Å². The van der Waals surface area contributed by atoms with Crippen LogP contribution in [0.3, 0.4) is 0 Å². The minimum atomic E-state index is -0.0661. The van der Waals surface area contributed by atoms with E-state index in [4.69, 9.17) is 0 Å². The summed E-state index contributed by atoms with van der Waals surface area (Å²) in [5, 5.41) is 5.06. The van der Waals surface area contributed by atoms with Gasteiger partial charge < -0.3 is 0 Å². The Balaban J connectivity index is 1.77. The fourth-order valence-electron chi connectivity index (χ4n) is 2.91. The smallest absolute Gasteiger partial charge is 0.275 e. The first kappa shape index (κ1) is 14.7. The summed E-state index contributed by atoms with van der Waals surface area (Å²) >= 11 is 1.48. The van der Waals surface area contributed by atoms with Gasteiger partial charge in [-0.2, -0.15) is 9.61 Å². The molecule has 0 unspecified atom stereocenters. The zero-order chi connectivity index (χ0) is 14.7. The molecule has 3 heterocycles. The number of aryl methyl sites for hydroxylation is 1. The van der Waals surface area contributed by atoms with Gasteiger partial charge in [0.15, 0.2) is 0 Å². The third-order valence-corrected chi connectivity index (χ3v) is 4.81. The molecule has 0 bridgehead atoms. The second-order valence-corrected chi connectivity index (χ2v) is 6.96. The number of rotatable bonds is 2. The maximum absolute atomic E-state index is 12.1. The molecule has 2 aromatic heterocycles. The largest absolute Gasteiger partial charge is 0.298 e. The van der Waals surface area contributed by atoms with Gasteiger partial charge >= 0.3 is 0 Å². The summed E-state index contributed by atoms with van der Waals surface area (Å²) in [6.07, 6.45) is 7.86. The fourth-order valence-corrected chi connectivity index (χ4v) is 3.68. The van der Waals surface area contributed by atoms with E-state index in [0.29, 0.717) is 4.96 Å². The van der Waals surface area contributed by atoms with Gasteiger partial charge in [0.1, 0.15) is 5.01 Å². The molecule has 21 heavy (non-hydrogen) atoms. The van der Waals surface area contributed by atoms with Gasteiger partial charge in [0.2, 0.25) is 4.96 Å². The highest BCUT2D eigenvalue weighted by Gasteiger charge is 2.12. The molecule has 0 amide bonds. The minimum absolute atomic E-state index is 0.0661. The zero-order valence-corrected chi connectivity index (χ0v) is 13.4. The summed E-state index contributed by atoms with van der Waals surface area (Å²) in [5.74, 6) is 0. The summed E-state index contributed by atoms with van der Waals surface area (Å²) < 4.78 is 1.40. The van der Waals surface area contributed by atoms with Crippen molar-refractivity contribution in [2.24, 2.45) is 0 Å². The molecule has 0 spiro atoms. The lowest BCUT2D eigenvalue weighted by Crippen LogP contribution is -2.27. The van der Waals surface area contributed by atoms with E-state index < -0.39 is 0 Å². The Kier molecular flexibility index (Phi) is 4.65. The highest BCUT2D eigenvalue weighted by Crippen LogP contribution is 2.14. The Bertz CT molecular complexity index is 653. The molecular formula is C15H22N4OS. The van der Waals surface area contributed by atoms with Crippen LogP contribution in [0.2, 0.25) is 0 Å². The number of hydrogen-bond acceptors (Lipinski definition) is 5. The Morgan fingerprint density at radius 3 is 2.52 bits per heavy atom. The van der Waals surface area contributed by atoms with Crippen LogP contribution in [0.25, 0.3) is 4.96 Å². The monoisotopic (exact) mass is 306 g/mol. The number of hydrogen-bond donors (Lipinski definition) is 0. The van der Waals surface area contributed by atoms with Crippen LogP contribution in [-0.2, 0) is 6.54 Å². The van der Waals surface area contributed by atoms with Crippen molar-refractivity contribution in [1.29, 1.82) is 0 Å². The van der Waals surface area contributed by atoms with Gasteiger partial charge in [0.05, 0.1) is 5.69 Å². The maximum Gasteiger partial charge on any atom is 0.275 e. The predicted octanol–water partition coefficient (Wildman–Crippen LogP) is 2.62. The van der Waals surface area contributed by atoms with E-state index in [0.717, 1.165) is 30.3 Å². The van der Waals surface area contributed by atoms with Crippen LogP contribution in [0.15, 0.2) is 10.9 Å². The van der Waals surface area contributed by atoms with Crippen molar-refractivity contribution >= 4 is 16.3 Å². The molecule has 1 fully saturated rings. The maximum atomic E-state index is 12.1. The van der Waals surface area contributed by atoms with E-state index in [-0.39, 0.29) is 5.56 Å². The van der Waals surface area contributed by atoms with Gasteiger partial charge in [-0.05, 0) is 32.9 Å². The van der Waals surface area contributed by atoms with E-state index in [1.54, 1.807) is 6.07 Å². The third-order valence-electron chi connectivity index (χ3n) is 3.98. The number of fused-ring (bicyclic) bond motifs is 1. The van der Waals surface area contributed by atoms with Crippen molar-refractivity contribution in [3.63, 3.8) is 0 Å². The molecule has 1 saturated heterocycles.